The Morgan fingerprint density at radius 3 is 2.69 bits per heavy atom. The van der Waals surface area contributed by atoms with Crippen molar-refractivity contribution < 1.29 is 24.5 Å². The second kappa shape index (κ2) is 11.6. The summed E-state index contributed by atoms with van der Waals surface area (Å²) in [7, 11) is 0. The van der Waals surface area contributed by atoms with E-state index in [2.05, 4.69) is 29.1 Å². The summed E-state index contributed by atoms with van der Waals surface area (Å²) < 4.78 is 4.82. The fourth-order valence-electron chi connectivity index (χ4n) is 3.38. The highest BCUT2D eigenvalue weighted by Crippen LogP contribution is 2.35. The number of fused-ring (bicyclic) bond motifs is 1. The second-order valence-corrected chi connectivity index (χ2v) is 7.20. The number of amides is 3. The Labute approximate surface area is 188 Å². The summed E-state index contributed by atoms with van der Waals surface area (Å²) in [5.41, 5.74) is 1.65. The molecular weight excluding hydrogens is 410 g/mol. The number of hydrogen-bond acceptors (Lipinski definition) is 6. The molecule has 3 amide bonds. The molecule has 2 heterocycles. The third-order valence-electron chi connectivity index (χ3n) is 4.92. The average Bonchev–Trinajstić information content (AvgIpc) is 3.22. The van der Waals surface area contributed by atoms with Crippen LogP contribution in [-0.4, -0.2) is 52.3 Å². The topological polar surface area (TPSA) is 111 Å². The van der Waals surface area contributed by atoms with Gasteiger partial charge in [-0.2, -0.15) is 0 Å². The first-order chi connectivity index (χ1) is 15.4. The predicted octanol–water partition coefficient (Wildman–Crippen LogP) is 2.26. The number of hydrogen-bond donors (Lipinski definition) is 4. The van der Waals surface area contributed by atoms with Gasteiger partial charge in [0.25, 0.3) is 5.91 Å². The van der Waals surface area contributed by atoms with E-state index < -0.39 is 11.6 Å². The number of rotatable bonds is 6. The van der Waals surface area contributed by atoms with E-state index in [1.807, 2.05) is 37.0 Å². The van der Waals surface area contributed by atoms with Gasteiger partial charge in [0.2, 0.25) is 0 Å². The molecule has 0 radical (unpaired) electrons. The second-order valence-electron chi connectivity index (χ2n) is 7.20. The van der Waals surface area contributed by atoms with Crippen LogP contribution in [0.5, 0.6) is 5.75 Å². The molecule has 0 bridgehead atoms. The monoisotopic (exact) mass is 439 g/mol. The third-order valence-corrected chi connectivity index (χ3v) is 4.92. The summed E-state index contributed by atoms with van der Waals surface area (Å²) in [5, 5.41) is 22.9. The number of phenolic OH excluding ortho intramolecular Hbond substituents is 1. The maximum Gasteiger partial charge on any atom is 0.322 e. The zero-order valence-corrected chi connectivity index (χ0v) is 18.4. The average molecular weight is 440 g/mol. The van der Waals surface area contributed by atoms with Gasteiger partial charge in [-0.3, -0.25) is 10.1 Å². The summed E-state index contributed by atoms with van der Waals surface area (Å²) >= 11 is 0. The van der Waals surface area contributed by atoms with E-state index in [9.17, 15) is 14.7 Å². The van der Waals surface area contributed by atoms with Crippen LogP contribution in [0.2, 0.25) is 0 Å². The highest BCUT2D eigenvalue weighted by Gasteiger charge is 2.47. The van der Waals surface area contributed by atoms with Gasteiger partial charge in [0.15, 0.2) is 0 Å². The summed E-state index contributed by atoms with van der Waals surface area (Å²) in [6.45, 7) is 8.97. The maximum atomic E-state index is 12.3. The SMILES string of the molecule is C/C=C/OCC#CCO.C=C1c2cc(O)ccc2CN1C[C@@]1(C/C=C\C)NC(=O)NC1=O. The van der Waals surface area contributed by atoms with Crippen molar-refractivity contribution in [2.45, 2.75) is 32.4 Å². The highest BCUT2D eigenvalue weighted by atomic mass is 16.5. The van der Waals surface area contributed by atoms with Crippen molar-refractivity contribution in [2.75, 3.05) is 19.8 Å². The first kappa shape index (κ1) is 24.6. The Morgan fingerprint density at radius 2 is 2.06 bits per heavy atom. The quantitative estimate of drug-likeness (QED) is 0.178. The van der Waals surface area contributed by atoms with Gasteiger partial charge in [-0.1, -0.05) is 42.7 Å². The van der Waals surface area contributed by atoms with Crippen LogP contribution in [-0.2, 0) is 16.1 Å². The molecule has 1 atom stereocenters. The molecule has 1 aromatic rings. The number of carbonyl (C=O) groups excluding carboxylic acids is 2. The molecule has 0 spiro atoms. The van der Waals surface area contributed by atoms with E-state index in [0.717, 1.165) is 16.8 Å². The zero-order chi connectivity index (χ0) is 23.6. The molecule has 0 aromatic heterocycles. The Balaban J connectivity index is 0.000000344. The van der Waals surface area contributed by atoms with Crippen LogP contribution in [0.4, 0.5) is 4.79 Å². The first-order valence-corrected chi connectivity index (χ1v) is 10.2. The lowest BCUT2D eigenvalue weighted by atomic mass is 9.94. The zero-order valence-electron chi connectivity index (χ0n) is 18.4. The van der Waals surface area contributed by atoms with E-state index in [-0.39, 0.29) is 18.3 Å². The number of phenols is 1. The number of aromatic hydroxyl groups is 1. The number of allylic oxidation sites excluding steroid dienone is 2. The molecule has 2 aliphatic rings. The molecule has 3 rings (SSSR count). The molecule has 8 nitrogen and oxygen atoms in total. The van der Waals surface area contributed by atoms with E-state index in [0.29, 0.717) is 26.1 Å². The minimum atomic E-state index is -1.00. The number of carbonyl (C=O) groups is 2. The molecule has 1 aromatic carbocycles. The molecule has 1 fully saturated rings. The summed E-state index contributed by atoms with van der Waals surface area (Å²) in [6.07, 6.45) is 7.47. The van der Waals surface area contributed by atoms with Gasteiger partial charge >= 0.3 is 6.03 Å². The molecular formula is C24H29N3O5. The number of nitrogens with zero attached hydrogens (tertiary/aromatic N) is 1. The van der Waals surface area contributed by atoms with Gasteiger partial charge < -0.3 is 25.2 Å². The lowest BCUT2D eigenvalue weighted by Gasteiger charge is -2.31. The van der Waals surface area contributed by atoms with E-state index >= 15 is 0 Å². The summed E-state index contributed by atoms with van der Waals surface area (Å²) in [6, 6.07) is 4.68. The molecule has 2 aliphatic heterocycles. The normalized spacial score (nSPS) is 19.2. The van der Waals surface area contributed by atoms with Crippen LogP contribution in [0.25, 0.3) is 5.70 Å². The number of imide groups is 1. The molecule has 0 unspecified atom stereocenters. The van der Waals surface area contributed by atoms with Gasteiger partial charge in [0.05, 0.1) is 12.8 Å². The molecule has 1 saturated heterocycles. The van der Waals surface area contributed by atoms with Gasteiger partial charge in [0, 0.05) is 17.8 Å². The third kappa shape index (κ3) is 6.15. The van der Waals surface area contributed by atoms with Crippen molar-refractivity contribution in [3.63, 3.8) is 0 Å². The molecule has 170 valence electrons. The van der Waals surface area contributed by atoms with Crippen molar-refractivity contribution >= 4 is 17.6 Å². The maximum absolute atomic E-state index is 12.3. The van der Waals surface area contributed by atoms with E-state index in [1.54, 1.807) is 24.5 Å². The first-order valence-electron chi connectivity index (χ1n) is 10.2. The Kier molecular flexibility index (Phi) is 8.93. The largest absolute Gasteiger partial charge is 0.508 e. The van der Waals surface area contributed by atoms with Crippen LogP contribution in [0.15, 0.2) is 49.3 Å². The lowest BCUT2D eigenvalue weighted by Crippen LogP contribution is -2.53. The Hall–Kier alpha value is -3.70. The fraction of sp³-hybridized carbons (Fsp3) is 0.333. The van der Waals surface area contributed by atoms with Crippen LogP contribution in [0.3, 0.4) is 0 Å². The van der Waals surface area contributed by atoms with Crippen LogP contribution < -0.4 is 10.6 Å². The highest BCUT2D eigenvalue weighted by molar-refractivity contribution is 6.07. The predicted molar refractivity (Wildman–Crippen MR) is 122 cm³/mol. The van der Waals surface area contributed by atoms with Crippen LogP contribution in [0.1, 0.15) is 31.4 Å². The number of aliphatic hydroxyl groups is 1. The number of nitrogens with one attached hydrogen (secondary N) is 2. The minimum absolute atomic E-state index is 0.0980. The van der Waals surface area contributed by atoms with Gasteiger partial charge in [0.1, 0.15) is 24.5 Å². The van der Waals surface area contributed by atoms with Gasteiger partial charge in [-0.25, -0.2) is 4.79 Å². The number of benzene rings is 1. The minimum Gasteiger partial charge on any atom is -0.508 e. The van der Waals surface area contributed by atoms with E-state index in [1.165, 1.54) is 0 Å². The van der Waals surface area contributed by atoms with Crippen molar-refractivity contribution in [2.24, 2.45) is 0 Å². The standard InChI is InChI=1S/C17H19N3O3.C7H10O2/c1-3-4-7-17(15(22)18-16(23)19-17)10-20-9-12-5-6-13(21)8-14(12)11(20)2;1-2-6-9-7-4-3-5-8/h3-6,8,21H,2,7,9-10H2,1H3,(H2,18,19,22,23);2,6,8H,5,7H2,1H3/b4-3-;6-2+/t17-;/m1./s1. The van der Waals surface area contributed by atoms with Gasteiger partial charge in [-0.15, -0.1) is 0 Å². The number of ether oxygens (including phenoxy) is 1. The van der Waals surface area contributed by atoms with Gasteiger partial charge in [-0.05, 0) is 38.0 Å². The van der Waals surface area contributed by atoms with Crippen molar-refractivity contribution in [3.05, 3.63) is 60.4 Å². The van der Waals surface area contributed by atoms with Crippen molar-refractivity contribution in [3.8, 4) is 17.6 Å². The molecule has 0 saturated carbocycles. The van der Waals surface area contributed by atoms with Crippen LogP contribution in [0, 0.1) is 11.8 Å². The number of aliphatic hydroxyl groups excluding tert-OH is 1. The van der Waals surface area contributed by atoms with Crippen molar-refractivity contribution in [1.29, 1.82) is 0 Å². The molecule has 0 aliphatic carbocycles. The molecule has 4 N–H and O–H groups in total. The Bertz CT molecular complexity index is 974. The number of urea groups is 1. The Morgan fingerprint density at radius 1 is 1.28 bits per heavy atom. The van der Waals surface area contributed by atoms with E-state index in [4.69, 9.17) is 9.84 Å². The summed E-state index contributed by atoms with van der Waals surface area (Å²) in [4.78, 5) is 25.9. The summed E-state index contributed by atoms with van der Waals surface area (Å²) in [5.74, 6) is 4.91. The fourth-order valence-corrected chi connectivity index (χ4v) is 3.38. The lowest BCUT2D eigenvalue weighted by molar-refractivity contribution is -0.124. The van der Waals surface area contributed by atoms with Crippen molar-refractivity contribution in [1.82, 2.24) is 15.5 Å². The molecule has 32 heavy (non-hydrogen) atoms. The molecule has 8 heteroatoms. The smallest absolute Gasteiger partial charge is 0.322 e. The van der Waals surface area contributed by atoms with Crippen LogP contribution >= 0.6 is 0 Å².